The molecule has 2 aromatic heterocycles. The molecule has 0 unspecified atom stereocenters. The molecule has 0 saturated heterocycles. The quantitative estimate of drug-likeness (QED) is 0.733. The van der Waals surface area contributed by atoms with Crippen molar-refractivity contribution in [3.05, 3.63) is 87.8 Å². The van der Waals surface area contributed by atoms with Crippen molar-refractivity contribution in [1.29, 1.82) is 5.26 Å². The van der Waals surface area contributed by atoms with E-state index in [1.807, 2.05) is 6.07 Å². The Bertz CT molecular complexity index is 1030. The van der Waals surface area contributed by atoms with Crippen molar-refractivity contribution in [3.8, 4) is 6.07 Å². The molecule has 2 heterocycles. The number of amides is 1. The van der Waals surface area contributed by atoms with Gasteiger partial charge in [0, 0.05) is 18.5 Å². The summed E-state index contributed by atoms with van der Waals surface area (Å²) >= 11 is 5.86. The lowest BCUT2D eigenvalue weighted by Crippen LogP contribution is -2.13. The molecule has 0 aliphatic heterocycles. The van der Waals surface area contributed by atoms with Crippen LogP contribution in [-0.2, 0) is 6.42 Å². The van der Waals surface area contributed by atoms with Crippen molar-refractivity contribution >= 4 is 23.3 Å². The van der Waals surface area contributed by atoms with Gasteiger partial charge in [0.1, 0.15) is 23.5 Å². The molecular formula is C19H11ClF2N4O. The number of nitrogens with one attached hydrogen (secondary N) is 1. The van der Waals surface area contributed by atoms with Gasteiger partial charge in [-0.25, -0.2) is 18.7 Å². The van der Waals surface area contributed by atoms with E-state index in [1.54, 1.807) is 12.1 Å². The number of pyridine rings is 2. The largest absolute Gasteiger partial charge is 0.307 e. The predicted octanol–water partition coefficient (Wildman–Crippen LogP) is 4.12. The van der Waals surface area contributed by atoms with E-state index >= 15 is 0 Å². The van der Waals surface area contributed by atoms with Crippen LogP contribution >= 0.6 is 11.6 Å². The van der Waals surface area contributed by atoms with Gasteiger partial charge in [-0.2, -0.15) is 5.26 Å². The molecule has 0 saturated carbocycles. The Balaban J connectivity index is 1.69. The van der Waals surface area contributed by atoms with Gasteiger partial charge in [-0.3, -0.25) is 4.79 Å². The minimum absolute atomic E-state index is 0.0319. The topological polar surface area (TPSA) is 78.7 Å². The molecule has 1 aromatic carbocycles. The Kier molecular flexibility index (Phi) is 5.38. The number of aromatic nitrogens is 2. The zero-order valence-electron chi connectivity index (χ0n) is 13.7. The second-order valence-electron chi connectivity index (χ2n) is 5.63. The van der Waals surface area contributed by atoms with Crippen molar-refractivity contribution in [3.63, 3.8) is 0 Å². The van der Waals surface area contributed by atoms with E-state index in [-0.39, 0.29) is 22.1 Å². The molecule has 134 valence electrons. The summed E-state index contributed by atoms with van der Waals surface area (Å²) in [6.45, 7) is 0. The van der Waals surface area contributed by atoms with Gasteiger partial charge in [0.2, 0.25) is 0 Å². The van der Waals surface area contributed by atoms with Crippen LogP contribution in [0.1, 0.15) is 27.2 Å². The van der Waals surface area contributed by atoms with E-state index < -0.39 is 17.5 Å². The van der Waals surface area contributed by atoms with Crippen molar-refractivity contribution in [2.45, 2.75) is 6.42 Å². The molecule has 1 amide bonds. The number of hydrogen-bond donors (Lipinski definition) is 1. The van der Waals surface area contributed by atoms with Gasteiger partial charge < -0.3 is 5.32 Å². The molecule has 8 heteroatoms. The molecule has 0 aliphatic carbocycles. The smallest absolute Gasteiger partial charge is 0.258 e. The summed E-state index contributed by atoms with van der Waals surface area (Å²) in [5.74, 6) is -1.48. The summed E-state index contributed by atoms with van der Waals surface area (Å²) in [5.41, 5.74) is 1.41. The molecule has 27 heavy (non-hydrogen) atoms. The molecule has 0 radical (unpaired) electrons. The van der Waals surface area contributed by atoms with Crippen LogP contribution in [0.5, 0.6) is 0 Å². The minimum atomic E-state index is -0.642. The number of halogens is 3. The summed E-state index contributed by atoms with van der Waals surface area (Å²) in [4.78, 5) is 20.1. The van der Waals surface area contributed by atoms with E-state index in [0.29, 0.717) is 12.0 Å². The van der Waals surface area contributed by atoms with Crippen LogP contribution in [0.15, 0.2) is 48.8 Å². The number of carbonyl (C=O) groups excluding carboxylic acids is 1. The first kappa shape index (κ1) is 18.4. The Morgan fingerprint density at radius 2 is 1.81 bits per heavy atom. The first-order chi connectivity index (χ1) is 12.9. The van der Waals surface area contributed by atoms with Crippen LogP contribution in [0.3, 0.4) is 0 Å². The lowest BCUT2D eigenvalue weighted by molar-refractivity contribution is 0.102. The average Bonchev–Trinajstić information content (AvgIpc) is 2.62. The number of benzene rings is 1. The average molecular weight is 385 g/mol. The zero-order chi connectivity index (χ0) is 19.4. The van der Waals surface area contributed by atoms with Crippen LogP contribution in [-0.4, -0.2) is 15.9 Å². The van der Waals surface area contributed by atoms with Crippen molar-refractivity contribution < 1.29 is 13.6 Å². The molecule has 3 aromatic rings. The number of anilines is 1. The maximum atomic E-state index is 13.2. The van der Waals surface area contributed by atoms with Crippen LogP contribution in [0.25, 0.3) is 0 Å². The maximum absolute atomic E-state index is 13.2. The first-order valence-corrected chi connectivity index (χ1v) is 8.09. The van der Waals surface area contributed by atoms with E-state index in [0.717, 1.165) is 11.6 Å². The normalized spacial score (nSPS) is 10.3. The number of carbonyl (C=O) groups is 1. The molecule has 0 atom stereocenters. The SMILES string of the molecule is N#Cc1ncc(C(=O)Nc2ccc(Cc3cc(F)cc(F)c3)cn2)cc1Cl. The zero-order valence-corrected chi connectivity index (χ0v) is 14.5. The number of rotatable bonds is 4. The summed E-state index contributed by atoms with van der Waals surface area (Å²) in [7, 11) is 0. The molecule has 0 aliphatic rings. The Morgan fingerprint density at radius 3 is 2.41 bits per heavy atom. The van der Waals surface area contributed by atoms with Crippen molar-refractivity contribution in [2.75, 3.05) is 5.32 Å². The second kappa shape index (κ2) is 7.89. The van der Waals surface area contributed by atoms with Gasteiger partial charge in [0.05, 0.1) is 10.6 Å². The van der Waals surface area contributed by atoms with E-state index in [1.165, 1.54) is 30.6 Å². The first-order valence-electron chi connectivity index (χ1n) is 7.71. The molecule has 1 N–H and O–H groups in total. The molecule has 0 spiro atoms. The molecule has 3 rings (SSSR count). The fraction of sp³-hybridized carbons (Fsp3) is 0.0526. The fourth-order valence-electron chi connectivity index (χ4n) is 2.38. The van der Waals surface area contributed by atoms with E-state index in [4.69, 9.17) is 16.9 Å². The summed E-state index contributed by atoms with van der Waals surface area (Å²) in [5, 5.41) is 11.5. The number of nitrogens with zero attached hydrogens (tertiary/aromatic N) is 3. The highest BCUT2D eigenvalue weighted by Crippen LogP contribution is 2.17. The van der Waals surface area contributed by atoms with Gasteiger partial charge in [-0.1, -0.05) is 17.7 Å². The third kappa shape index (κ3) is 4.63. The van der Waals surface area contributed by atoms with Crippen LogP contribution in [0.2, 0.25) is 5.02 Å². The molecular weight excluding hydrogens is 374 g/mol. The summed E-state index contributed by atoms with van der Waals surface area (Å²) in [6, 6.07) is 9.72. The Morgan fingerprint density at radius 1 is 1.07 bits per heavy atom. The Labute approximate surface area is 158 Å². The van der Waals surface area contributed by atoms with Crippen LogP contribution in [0.4, 0.5) is 14.6 Å². The third-order valence-corrected chi connectivity index (χ3v) is 3.89. The monoisotopic (exact) mass is 384 g/mol. The molecule has 0 fully saturated rings. The maximum Gasteiger partial charge on any atom is 0.258 e. The molecule has 0 bridgehead atoms. The van der Waals surface area contributed by atoms with Crippen molar-refractivity contribution in [2.24, 2.45) is 0 Å². The highest BCUT2D eigenvalue weighted by Gasteiger charge is 2.11. The predicted molar refractivity (Wildman–Crippen MR) is 95.3 cm³/mol. The van der Waals surface area contributed by atoms with Gasteiger partial charge in [-0.15, -0.1) is 0 Å². The highest BCUT2D eigenvalue weighted by atomic mass is 35.5. The second-order valence-corrected chi connectivity index (χ2v) is 6.03. The summed E-state index contributed by atoms with van der Waals surface area (Å²) < 4.78 is 26.5. The van der Waals surface area contributed by atoms with Gasteiger partial charge >= 0.3 is 0 Å². The van der Waals surface area contributed by atoms with Gasteiger partial charge in [0.15, 0.2) is 5.69 Å². The molecule has 5 nitrogen and oxygen atoms in total. The Hall–Kier alpha value is -3.37. The van der Waals surface area contributed by atoms with Crippen LogP contribution in [0, 0.1) is 23.0 Å². The lowest BCUT2D eigenvalue weighted by atomic mass is 10.1. The van der Waals surface area contributed by atoms with Crippen LogP contribution < -0.4 is 5.32 Å². The van der Waals surface area contributed by atoms with Gasteiger partial charge in [-0.05, 0) is 41.8 Å². The van der Waals surface area contributed by atoms with E-state index in [9.17, 15) is 13.6 Å². The highest BCUT2D eigenvalue weighted by molar-refractivity contribution is 6.32. The standard InChI is InChI=1S/C19H11ClF2N4O/c20-16-6-13(10-24-17(16)8-23)19(27)26-18-2-1-11(9-25-18)3-12-4-14(21)7-15(22)5-12/h1-2,4-7,9-10H,3H2,(H,25,26,27). The van der Waals surface area contributed by atoms with E-state index in [2.05, 4.69) is 15.3 Å². The number of hydrogen-bond acceptors (Lipinski definition) is 4. The summed E-state index contributed by atoms with van der Waals surface area (Å²) in [6.07, 6.45) is 3.04. The minimum Gasteiger partial charge on any atom is -0.307 e. The third-order valence-electron chi connectivity index (χ3n) is 3.61. The van der Waals surface area contributed by atoms with Crippen molar-refractivity contribution in [1.82, 2.24) is 9.97 Å². The lowest BCUT2D eigenvalue weighted by Gasteiger charge is -2.07. The number of nitriles is 1. The van der Waals surface area contributed by atoms with Gasteiger partial charge in [0.25, 0.3) is 5.91 Å². The fourth-order valence-corrected chi connectivity index (χ4v) is 2.59.